The molecule has 0 radical (unpaired) electrons. The molecular formula is C17H28N4O5. The Labute approximate surface area is 154 Å². The Morgan fingerprint density at radius 1 is 1.38 bits per heavy atom. The van der Waals surface area contributed by atoms with Gasteiger partial charge in [-0.1, -0.05) is 17.8 Å². The van der Waals surface area contributed by atoms with Crippen molar-refractivity contribution in [3.05, 3.63) is 12.7 Å². The molecule has 1 N–H and O–H groups in total. The van der Waals surface area contributed by atoms with Crippen LogP contribution in [-0.2, 0) is 14.3 Å². The largest absolute Gasteiger partial charge is 0.445 e. The first-order chi connectivity index (χ1) is 12.3. The summed E-state index contributed by atoms with van der Waals surface area (Å²) in [5, 5.41) is 6.37. The summed E-state index contributed by atoms with van der Waals surface area (Å²) in [6, 6.07) is -0.124. The van der Waals surface area contributed by atoms with Crippen LogP contribution in [0.5, 0.6) is 0 Å². The van der Waals surface area contributed by atoms with E-state index in [0.717, 1.165) is 12.8 Å². The highest BCUT2D eigenvalue weighted by atomic mass is 16.6. The average molecular weight is 368 g/mol. The summed E-state index contributed by atoms with van der Waals surface area (Å²) in [6.07, 6.45) is 2.21. The van der Waals surface area contributed by atoms with Crippen LogP contribution >= 0.6 is 0 Å². The maximum absolute atomic E-state index is 11.9. The molecule has 0 aromatic heterocycles. The Morgan fingerprint density at radius 2 is 2.12 bits per heavy atom. The maximum atomic E-state index is 11.9. The number of nitrogens with zero attached hydrogens (tertiary/aromatic N) is 3. The number of alkyl carbamates (subject to hydrolysis) is 1. The van der Waals surface area contributed by atoms with Gasteiger partial charge in [-0.3, -0.25) is 0 Å². The molecule has 0 aromatic carbocycles. The summed E-state index contributed by atoms with van der Waals surface area (Å²) >= 11 is 0. The lowest BCUT2D eigenvalue weighted by Gasteiger charge is -2.22. The van der Waals surface area contributed by atoms with Crippen molar-refractivity contribution >= 4 is 24.7 Å². The Morgan fingerprint density at radius 3 is 2.73 bits per heavy atom. The van der Waals surface area contributed by atoms with Crippen molar-refractivity contribution in [2.24, 2.45) is 10.1 Å². The second-order valence-corrected chi connectivity index (χ2v) is 6.67. The van der Waals surface area contributed by atoms with Gasteiger partial charge in [0, 0.05) is 6.54 Å². The van der Waals surface area contributed by atoms with Gasteiger partial charge in [-0.15, -0.1) is 0 Å². The van der Waals surface area contributed by atoms with Gasteiger partial charge in [-0.2, -0.15) is 0 Å². The average Bonchev–Trinajstić information content (AvgIpc) is 3.02. The number of carbonyl (C=O) groups excluding carboxylic acids is 2. The zero-order valence-electron chi connectivity index (χ0n) is 15.7. The van der Waals surface area contributed by atoms with Crippen LogP contribution in [0.3, 0.4) is 0 Å². The van der Waals surface area contributed by atoms with Gasteiger partial charge in [0.2, 0.25) is 0 Å². The van der Waals surface area contributed by atoms with Crippen LogP contribution in [0.15, 0.2) is 22.8 Å². The summed E-state index contributed by atoms with van der Waals surface area (Å²) in [5.41, 5.74) is -0.592. The topological polar surface area (TPSA) is 102 Å². The molecule has 0 spiro atoms. The van der Waals surface area contributed by atoms with Gasteiger partial charge >= 0.3 is 12.2 Å². The Kier molecular flexibility index (Phi) is 8.60. The van der Waals surface area contributed by atoms with Crippen molar-refractivity contribution in [2.75, 3.05) is 26.3 Å². The highest BCUT2D eigenvalue weighted by molar-refractivity contribution is 5.89. The fourth-order valence-electron chi connectivity index (χ4n) is 2.24. The Hall–Kier alpha value is -2.58. The van der Waals surface area contributed by atoms with Crippen LogP contribution in [-0.4, -0.2) is 67.6 Å². The Bertz CT molecular complexity index is 542. The molecule has 1 saturated heterocycles. The maximum Gasteiger partial charge on any atom is 0.410 e. The molecule has 0 aliphatic carbocycles. The number of ether oxygens (including phenoxy) is 2. The van der Waals surface area contributed by atoms with Gasteiger partial charge in [-0.05, 0) is 40.3 Å². The number of aliphatic imine (C=N–C) groups is 1. The highest BCUT2D eigenvalue weighted by Crippen LogP contribution is 2.18. The number of rotatable bonds is 7. The van der Waals surface area contributed by atoms with Crippen LogP contribution in [0.4, 0.5) is 9.59 Å². The third kappa shape index (κ3) is 8.00. The number of amides is 2. The molecule has 1 fully saturated rings. The molecule has 1 atom stereocenters. The van der Waals surface area contributed by atoms with E-state index in [9.17, 15) is 9.59 Å². The van der Waals surface area contributed by atoms with Crippen molar-refractivity contribution in [2.45, 2.75) is 45.3 Å². The van der Waals surface area contributed by atoms with E-state index in [-0.39, 0.29) is 31.6 Å². The molecule has 0 aromatic rings. The summed E-state index contributed by atoms with van der Waals surface area (Å²) < 4.78 is 10.2. The van der Waals surface area contributed by atoms with Crippen molar-refractivity contribution < 1.29 is 23.9 Å². The van der Waals surface area contributed by atoms with Gasteiger partial charge in [0.05, 0.1) is 12.6 Å². The number of likely N-dealkylation sites (tertiary alicyclic amines) is 1. The molecule has 1 aliphatic heterocycles. The van der Waals surface area contributed by atoms with Crippen LogP contribution < -0.4 is 5.32 Å². The normalized spacial score (nSPS) is 17.4. The van der Waals surface area contributed by atoms with E-state index in [4.69, 9.17) is 14.3 Å². The molecule has 1 unspecified atom stereocenters. The van der Waals surface area contributed by atoms with Crippen molar-refractivity contribution in [3.8, 4) is 0 Å². The van der Waals surface area contributed by atoms with Crippen molar-refractivity contribution in [1.29, 1.82) is 0 Å². The number of carbonyl (C=O) groups is 2. The fraction of sp³-hybridized carbons (Fsp3) is 0.647. The van der Waals surface area contributed by atoms with Crippen LogP contribution in [0.1, 0.15) is 33.6 Å². The molecule has 1 heterocycles. The molecular weight excluding hydrogens is 340 g/mol. The monoisotopic (exact) mass is 368 g/mol. The minimum Gasteiger partial charge on any atom is -0.445 e. The number of hydrogen-bond acceptors (Lipinski definition) is 6. The molecule has 1 aliphatic rings. The minimum atomic E-state index is -0.592. The number of hydrogen-bond donors (Lipinski definition) is 1. The van der Waals surface area contributed by atoms with E-state index in [1.165, 1.54) is 6.08 Å². The molecule has 146 valence electrons. The molecule has 26 heavy (non-hydrogen) atoms. The summed E-state index contributed by atoms with van der Waals surface area (Å²) in [7, 11) is 0. The lowest BCUT2D eigenvalue weighted by molar-refractivity contribution is 0.0530. The quantitative estimate of drug-likeness (QED) is 0.322. The van der Waals surface area contributed by atoms with E-state index < -0.39 is 17.8 Å². The van der Waals surface area contributed by atoms with Gasteiger partial charge in [0.15, 0.2) is 5.84 Å². The predicted octanol–water partition coefficient (Wildman–Crippen LogP) is 2.33. The second-order valence-electron chi connectivity index (χ2n) is 6.67. The summed E-state index contributed by atoms with van der Waals surface area (Å²) in [4.78, 5) is 34.1. The molecule has 2 amide bonds. The van der Waals surface area contributed by atoms with E-state index in [1.807, 2.05) is 0 Å². The SMILES string of the molecule is C=CCOC(=O)N1CCCC1CO/N=C(/CNC(=O)OC(C)(C)C)N=C. The number of nitrogens with one attached hydrogen (secondary N) is 1. The molecule has 0 saturated carbocycles. The molecule has 0 bridgehead atoms. The van der Waals surface area contributed by atoms with Crippen molar-refractivity contribution in [1.82, 2.24) is 10.2 Å². The first-order valence-corrected chi connectivity index (χ1v) is 8.43. The van der Waals surface area contributed by atoms with E-state index in [2.05, 4.69) is 28.8 Å². The van der Waals surface area contributed by atoms with Gasteiger partial charge in [0.1, 0.15) is 18.8 Å². The molecule has 1 rings (SSSR count). The smallest absolute Gasteiger partial charge is 0.410 e. The number of amidine groups is 1. The summed E-state index contributed by atoms with van der Waals surface area (Å²) in [5.74, 6) is 0.203. The Balaban J connectivity index is 2.44. The fourth-order valence-corrected chi connectivity index (χ4v) is 2.24. The zero-order valence-corrected chi connectivity index (χ0v) is 15.7. The van der Waals surface area contributed by atoms with Gasteiger partial charge < -0.3 is 24.5 Å². The van der Waals surface area contributed by atoms with Crippen molar-refractivity contribution in [3.63, 3.8) is 0 Å². The predicted molar refractivity (Wildman–Crippen MR) is 98.4 cm³/mol. The lowest BCUT2D eigenvalue weighted by Crippen LogP contribution is -2.38. The summed E-state index contributed by atoms with van der Waals surface area (Å²) in [6.45, 7) is 13.2. The third-order valence-electron chi connectivity index (χ3n) is 3.35. The molecule has 9 heteroatoms. The van der Waals surface area contributed by atoms with E-state index in [1.54, 1.807) is 25.7 Å². The second kappa shape index (κ2) is 10.4. The van der Waals surface area contributed by atoms with E-state index in [0.29, 0.717) is 6.54 Å². The first kappa shape index (κ1) is 21.5. The standard InChI is InChI=1S/C17H28N4O5/c1-6-10-24-16(23)21-9-7-8-13(21)12-25-20-14(18-5)11-19-15(22)26-17(2,3)4/h6,13H,1,5,7-12H2,2-4H3,(H,19,22)/b20-14-. The van der Waals surface area contributed by atoms with Crippen LogP contribution in [0, 0.1) is 0 Å². The third-order valence-corrected chi connectivity index (χ3v) is 3.35. The highest BCUT2D eigenvalue weighted by Gasteiger charge is 2.30. The van der Waals surface area contributed by atoms with E-state index >= 15 is 0 Å². The first-order valence-electron chi connectivity index (χ1n) is 8.43. The van der Waals surface area contributed by atoms with Crippen LogP contribution in [0.2, 0.25) is 0 Å². The zero-order chi connectivity index (χ0) is 19.6. The van der Waals surface area contributed by atoms with Gasteiger partial charge in [0.25, 0.3) is 0 Å². The number of oxime groups is 1. The van der Waals surface area contributed by atoms with Gasteiger partial charge in [-0.25, -0.2) is 14.6 Å². The molecule has 9 nitrogen and oxygen atoms in total. The van der Waals surface area contributed by atoms with Crippen LogP contribution in [0.25, 0.3) is 0 Å². The lowest BCUT2D eigenvalue weighted by atomic mass is 10.2. The minimum absolute atomic E-state index is 0.0220.